The molecule has 1 heteroatoms. The van der Waals surface area contributed by atoms with Crippen LogP contribution in [-0.4, -0.2) is 0 Å². The summed E-state index contributed by atoms with van der Waals surface area (Å²) in [4.78, 5) is 0. The Morgan fingerprint density at radius 2 is 1.41 bits per heavy atom. The molecule has 0 saturated heterocycles. The van der Waals surface area contributed by atoms with Crippen LogP contribution >= 0.6 is 0 Å². The Labute approximate surface area is 130 Å². The zero-order chi connectivity index (χ0) is 15.3. The van der Waals surface area contributed by atoms with E-state index < -0.39 is 0 Å². The van der Waals surface area contributed by atoms with Gasteiger partial charge in [0.15, 0.2) is 0 Å². The minimum Gasteiger partial charge on any atom is -0.456 e. The quantitative estimate of drug-likeness (QED) is 0.407. The van der Waals surface area contributed by atoms with Crippen molar-refractivity contribution in [2.45, 2.75) is 20.8 Å². The first-order valence-corrected chi connectivity index (χ1v) is 7.63. The second-order valence-electron chi connectivity index (χ2n) is 6.05. The van der Waals surface area contributed by atoms with Gasteiger partial charge in [-0.05, 0) is 55.2 Å². The average Bonchev–Trinajstić information content (AvgIpc) is 2.85. The molecule has 0 radical (unpaired) electrons. The standard InChI is InChI=1S/C21H18O/c1-13-11-14(2)20(15(3)12-13)17-8-6-10-19-21(17)16-7-4-5-9-18(16)22-19/h4-12H,1-3H3. The summed E-state index contributed by atoms with van der Waals surface area (Å²) in [6.45, 7) is 6.53. The minimum atomic E-state index is 0.951. The van der Waals surface area contributed by atoms with Crippen molar-refractivity contribution in [2.75, 3.05) is 0 Å². The Balaban J connectivity index is 2.16. The number of fused-ring (bicyclic) bond motifs is 3. The van der Waals surface area contributed by atoms with Crippen molar-refractivity contribution in [1.29, 1.82) is 0 Å². The van der Waals surface area contributed by atoms with Gasteiger partial charge in [0.25, 0.3) is 0 Å². The number of rotatable bonds is 1. The third-order valence-corrected chi connectivity index (χ3v) is 4.35. The van der Waals surface area contributed by atoms with Crippen molar-refractivity contribution in [2.24, 2.45) is 0 Å². The third-order valence-electron chi connectivity index (χ3n) is 4.35. The molecule has 22 heavy (non-hydrogen) atoms. The molecule has 108 valence electrons. The molecule has 1 nitrogen and oxygen atoms in total. The van der Waals surface area contributed by atoms with E-state index >= 15 is 0 Å². The number of hydrogen-bond donors (Lipinski definition) is 0. The van der Waals surface area contributed by atoms with Crippen molar-refractivity contribution in [1.82, 2.24) is 0 Å². The molecule has 0 saturated carbocycles. The van der Waals surface area contributed by atoms with Gasteiger partial charge >= 0.3 is 0 Å². The summed E-state index contributed by atoms with van der Waals surface area (Å²) in [6, 6.07) is 19.1. The molecule has 4 aromatic rings. The number of aryl methyl sites for hydroxylation is 3. The smallest absolute Gasteiger partial charge is 0.136 e. The second-order valence-corrected chi connectivity index (χ2v) is 6.05. The van der Waals surface area contributed by atoms with E-state index in [-0.39, 0.29) is 0 Å². The normalized spacial score (nSPS) is 11.4. The highest BCUT2D eigenvalue weighted by molar-refractivity contribution is 6.12. The fourth-order valence-electron chi connectivity index (χ4n) is 3.59. The van der Waals surface area contributed by atoms with Crippen molar-refractivity contribution >= 4 is 21.9 Å². The van der Waals surface area contributed by atoms with Crippen LogP contribution in [0.4, 0.5) is 0 Å². The Morgan fingerprint density at radius 1 is 0.727 bits per heavy atom. The molecule has 0 fully saturated rings. The Hall–Kier alpha value is -2.54. The van der Waals surface area contributed by atoms with Crippen LogP contribution in [0.5, 0.6) is 0 Å². The third kappa shape index (κ3) is 1.86. The maximum atomic E-state index is 6.02. The van der Waals surface area contributed by atoms with Gasteiger partial charge in [-0.1, -0.05) is 48.0 Å². The molecular formula is C21H18O. The molecule has 0 atom stereocenters. The fraction of sp³-hybridized carbons (Fsp3) is 0.143. The van der Waals surface area contributed by atoms with Crippen molar-refractivity contribution < 1.29 is 4.42 Å². The van der Waals surface area contributed by atoms with E-state index in [0.717, 1.165) is 11.2 Å². The summed E-state index contributed by atoms with van der Waals surface area (Å²) in [6.07, 6.45) is 0. The van der Waals surface area contributed by atoms with E-state index in [1.165, 1.54) is 38.6 Å². The molecule has 0 aliphatic heterocycles. The molecule has 0 N–H and O–H groups in total. The maximum absolute atomic E-state index is 6.02. The first-order valence-electron chi connectivity index (χ1n) is 7.63. The monoisotopic (exact) mass is 286 g/mol. The summed E-state index contributed by atoms with van der Waals surface area (Å²) in [5.74, 6) is 0. The Morgan fingerprint density at radius 3 is 2.18 bits per heavy atom. The molecule has 0 bridgehead atoms. The minimum absolute atomic E-state index is 0.951. The van der Waals surface area contributed by atoms with Crippen LogP contribution in [0.3, 0.4) is 0 Å². The van der Waals surface area contributed by atoms with Gasteiger partial charge < -0.3 is 4.42 Å². The van der Waals surface area contributed by atoms with Crippen LogP contribution < -0.4 is 0 Å². The van der Waals surface area contributed by atoms with Gasteiger partial charge in [-0.3, -0.25) is 0 Å². The number of para-hydroxylation sites is 1. The highest BCUT2D eigenvalue weighted by atomic mass is 16.3. The first kappa shape index (κ1) is 13.1. The lowest BCUT2D eigenvalue weighted by atomic mass is 9.91. The van der Waals surface area contributed by atoms with Gasteiger partial charge in [0.1, 0.15) is 11.2 Å². The van der Waals surface area contributed by atoms with Gasteiger partial charge in [0.2, 0.25) is 0 Å². The molecule has 0 amide bonds. The molecule has 4 rings (SSSR count). The van der Waals surface area contributed by atoms with Gasteiger partial charge in [0, 0.05) is 10.8 Å². The molecule has 1 heterocycles. The van der Waals surface area contributed by atoms with E-state index in [9.17, 15) is 0 Å². The lowest BCUT2D eigenvalue weighted by Crippen LogP contribution is -1.90. The fourth-order valence-corrected chi connectivity index (χ4v) is 3.59. The number of hydrogen-bond acceptors (Lipinski definition) is 1. The first-order chi connectivity index (χ1) is 10.6. The SMILES string of the molecule is Cc1cc(C)c(-c2cccc3oc4ccccc4c23)c(C)c1. The highest BCUT2D eigenvalue weighted by Crippen LogP contribution is 2.39. The van der Waals surface area contributed by atoms with Crippen LogP contribution in [0.15, 0.2) is 59.0 Å². The summed E-state index contributed by atoms with van der Waals surface area (Å²) in [7, 11) is 0. The largest absolute Gasteiger partial charge is 0.456 e. The van der Waals surface area contributed by atoms with Gasteiger partial charge in [0.05, 0.1) is 0 Å². The van der Waals surface area contributed by atoms with Gasteiger partial charge in [-0.25, -0.2) is 0 Å². The molecule has 3 aromatic carbocycles. The molecule has 0 spiro atoms. The van der Waals surface area contributed by atoms with Gasteiger partial charge in [-0.15, -0.1) is 0 Å². The van der Waals surface area contributed by atoms with E-state index in [0.29, 0.717) is 0 Å². The van der Waals surface area contributed by atoms with Gasteiger partial charge in [-0.2, -0.15) is 0 Å². The lowest BCUT2D eigenvalue weighted by molar-refractivity contribution is 0.669. The molecule has 1 aromatic heterocycles. The Kier molecular flexibility index (Phi) is 2.83. The Bertz CT molecular complexity index is 982. The predicted octanol–water partition coefficient (Wildman–Crippen LogP) is 6.18. The molecule has 0 unspecified atom stereocenters. The second kappa shape index (κ2) is 4.74. The zero-order valence-corrected chi connectivity index (χ0v) is 13.1. The van der Waals surface area contributed by atoms with Crippen LogP contribution in [-0.2, 0) is 0 Å². The maximum Gasteiger partial charge on any atom is 0.136 e. The summed E-state index contributed by atoms with van der Waals surface area (Å²) >= 11 is 0. The van der Waals surface area contributed by atoms with E-state index in [4.69, 9.17) is 4.42 Å². The van der Waals surface area contributed by atoms with Crippen molar-refractivity contribution in [3.05, 3.63) is 71.3 Å². The summed E-state index contributed by atoms with van der Waals surface area (Å²) in [5, 5.41) is 2.40. The predicted molar refractivity (Wildman–Crippen MR) is 93.4 cm³/mol. The molecule has 0 aliphatic carbocycles. The van der Waals surface area contributed by atoms with E-state index in [1.807, 2.05) is 12.1 Å². The van der Waals surface area contributed by atoms with Crippen molar-refractivity contribution in [3.63, 3.8) is 0 Å². The number of benzene rings is 3. The van der Waals surface area contributed by atoms with Crippen LogP contribution in [0.2, 0.25) is 0 Å². The van der Waals surface area contributed by atoms with Crippen LogP contribution in [0.25, 0.3) is 33.1 Å². The highest BCUT2D eigenvalue weighted by Gasteiger charge is 2.14. The van der Waals surface area contributed by atoms with Crippen molar-refractivity contribution in [3.8, 4) is 11.1 Å². The molecule has 0 aliphatic rings. The zero-order valence-electron chi connectivity index (χ0n) is 13.1. The van der Waals surface area contributed by atoms with Crippen LogP contribution in [0, 0.1) is 20.8 Å². The summed E-state index contributed by atoms with van der Waals surface area (Å²) < 4.78 is 6.02. The summed E-state index contributed by atoms with van der Waals surface area (Å²) in [5.41, 5.74) is 8.43. The number of furan rings is 1. The van der Waals surface area contributed by atoms with Crippen LogP contribution in [0.1, 0.15) is 16.7 Å². The topological polar surface area (TPSA) is 13.1 Å². The average molecular weight is 286 g/mol. The van der Waals surface area contributed by atoms with E-state index in [2.05, 4.69) is 63.2 Å². The molecular weight excluding hydrogens is 268 g/mol. The lowest BCUT2D eigenvalue weighted by Gasteiger charge is -2.12. The van der Waals surface area contributed by atoms with E-state index in [1.54, 1.807) is 0 Å².